The molecule has 1 heterocycles. The van der Waals surface area contributed by atoms with Gasteiger partial charge >= 0.3 is 6.03 Å². The number of piperazine rings is 1. The Labute approximate surface area is 199 Å². The summed E-state index contributed by atoms with van der Waals surface area (Å²) in [4.78, 5) is 30.5. The number of carbonyl (C=O) groups is 2. The molecule has 0 aromatic heterocycles. The molecule has 33 heavy (non-hydrogen) atoms. The van der Waals surface area contributed by atoms with Crippen LogP contribution in [0.25, 0.3) is 0 Å². The van der Waals surface area contributed by atoms with Gasteiger partial charge in [-0.25, -0.2) is 4.79 Å². The molecule has 0 saturated carbocycles. The monoisotopic (exact) mass is 460 g/mol. The Morgan fingerprint density at radius 3 is 1.94 bits per heavy atom. The van der Waals surface area contributed by atoms with E-state index in [0.29, 0.717) is 13.1 Å². The van der Waals surface area contributed by atoms with Gasteiger partial charge in [0, 0.05) is 53.7 Å². The van der Waals surface area contributed by atoms with Crippen LogP contribution in [0.5, 0.6) is 0 Å². The number of nitrogens with one attached hydrogen (secondary N) is 2. The zero-order chi connectivity index (χ0) is 23.2. The van der Waals surface area contributed by atoms with Crippen LogP contribution in [-0.4, -0.2) is 49.3 Å². The van der Waals surface area contributed by atoms with E-state index in [9.17, 15) is 9.59 Å². The van der Waals surface area contributed by atoms with Crippen LogP contribution in [0.2, 0.25) is 0 Å². The van der Waals surface area contributed by atoms with Gasteiger partial charge in [-0.05, 0) is 73.3 Å². The van der Waals surface area contributed by atoms with Crippen LogP contribution in [0.3, 0.4) is 0 Å². The fraction of sp³-hybridized carbons (Fsp3) is 0.231. The highest BCUT2D eigenvalue weighted by molar-refractivity contribution is 7.98. The van der Waals surface area contributed by atoms with Crippen molar-refractivity contribution in [3.63, 3.8) is 0 Å². The lowest BCUT2D eigenvalue weighted by atomic mass is 10.1. The Balaban J connectivity index is 1.29. The molecule has 4 rings (SSSR count). The minimum atomic E-state index is -0.275. The highest BCUT2D eigenvalue weighted by Crippen LogP contribution is 2.22. The molecule has 0 atom stereocenters. The first-order valence-electron chi connectivity index (χ1n) is 11.0. The maximum atomic E-state index is 12.8. The second-order valence-electron chi connectivity index (χ2n) is 7.95. The van der Waals surface area contributed by atoms with E-state index in [-0.39, 0.29) is 11.9 Å². The minimum Gasteiger partial charge on any atom is -0.368 e. The fourth-order valence-corrected chi connectivity index (χ4v) is 4.28. The van der Waals surface area contributed by atoms with Gasteiger partial charge < -0.3 is 20.4 Å². The number of amides is 3. The molecule has 0 aliphatic carbocycles. The van der Waals surface area contributed by atoms with E-state index in [4.69, 9.17) is 0 Å². The third-order valence-corrected chi connectivity index (χ3v) is 6.52. The molecule has 0 bridgehead atoms. The SMILES string of the molecule is CSc1ccc(NC(=O)Nc2ccc(N3CCN(C(=O)c4ccccc4C)CC3)cc2)cc1. The Kier molecular flexibility index (Phi) is 7.19. The lowest BCUT2D eigenvalue weighted by Crippen LogP contribution is -2.48. The molecule has 1 fully saturated rings. The van der Waals surface area contributed by atoms with Gasteiger partial charge in [0.2, 0.25) is 0 Å². The molecule has 1 aliphatic rings. The number of benzene rings is 3. The molecular weight excluding hydrogens is 432 g/mol. The van der Waals surface area contributed by atoms with E-state index in [2.05, 4.69) is 15.5 Å². The van der Waals surface area contributed by atoms with Gasteiger partial charge in [-0.1, -0.05) is 18.2 Å². The van der Waals surface area contributed by atoms with Crippen molar-refractivity contribution >= 4 is 40.8 Å². The number of nitrogens with zero attached hydrogens (tertiary/aromatic N) is 2. The van der Waals surface area contributed by atoms with Crippen molar-refractivity contribution in [2.45, 2.75) is 11.8 Å². The summed E-state index contributed by atoms with van der Waals surface area (Å²) in [7, 11) is 0. The van der Waals surface area contributed by atoms with Crippen molar-refractivity contribution in [2.24, 2.45) is 0 Å². The normalized spacial score (nSPS) is 13.5. The Morgan fingerprint density at radius 1 is 0.788 bits per heavy atom. The first kappa shape index (κ1) is 22.7. The standard InChI is InChI=1S/C26H28N4O2S/c1-19-5-3-4-6-24(19)25(31)30-17-15-29(16-18-30)22-11-7-20(8-12-22)27-26(32)28-21-9-13-23(33-2)14-10-21/h3-14H,15-18H2,1-2H3,(H2,27,28,32). The summed E-state index contributed by atoms with van der Waals surface area (Å²) in [6.07, 6.45) is 2.02. The van der Waals surface area contributed by atoms with E-state index in [1.54, 1.807) is 11.8 Å². The maximum Gasteiger partial charge on any atom is 0.323 e. The summed E-state index contributed by atoms with van der Waals surface area (Å²) in [6.45, 7) is 4.89. The average Bonchev–Trinajstić information content (AvgIpc) is 2.85. The molecular formula is C26H28N4O2S. The van der Waals surface area contributed by atoms with Crippen LogP contribution >= 0.6 is 11.8 Å². The van der Waals surface area contributed by atoms with E-state index in [1.165, 1.54) is 0 Å². The van der Waals surface area contributed by atoms with E-state index in [1.807, 2.05) is 90.9 Å². The van der Waals surface area contributed by atoms with Crippen LogP contribution in [0.1, 0.15) is 15.9 Å². The van der Waals surface area contributed by atoms with Gasteiger partial charge in [-0.3, -0.25) is 4.79 Å². The van der Waals surface area contributed by atoms with Gasteiger partial charge in [-0.15, -0.1) is 11.8 Å². The molecule has 1 aliphatic heterocycles. The van der Waals surface area contributed by atoms with Crippen LogP contribution < -0.4 is 15.5 Å². The zero-order valence-corrected chi connectivity index (χ0v) is 19.7. The molecule has 7 heteroatoms. The van der Waals surface area contributed by atoms with E-state index >= 15 is 0 Å². The average molecular weight is 461 g/mol. The van der Waals surface area contributed by atoms with Gasteiger partial charge in [0.15, 0.2) is 0 Å². The predicted molar refractivity (Wildman–Crippen MR) is 137 cm³/mol. The second kappa shape index (κ2) is 10.4. The third-order valence-electron chi connectivity index (χ3n) is 5.78. The highest BCUT2D eigenvalue weighted by Gasteiger charge is 2.23. The van der Waals surface area contributed by atoms with Crippen LogP contribution in [-0.2, 0) is 0 Å². The molecule has 0 unspecified atom stereocenters. The Morgan fingerprint density at radius 2 is 1.36 bits per heavy atom. The quantitative estimate of drug-likeness (QED) is 0.506. The highest BCUT2D eigenvalue weighted by atomic mass is 32.2. The van der Waals surface area contributed by atoms with E-state index in [0.717, 1.165) is 46.2 Å². The fourth-order valence-electron chi connectivity index (χ4n) is 3.87. The summed E-state index contributed by atoms with van der Waals surface area (Å²) in [5.74, 6) is 0.0985. The van der Waals surface area contributed by atoms with Crippen molar-refractivity contribution in [1.29, 1.82) is 0 Å². The summed E-state index contributed by atoms with van der Waals surface area (Å²) in [5.41, 5.74) is 4.34. The number of hydrogen-bond acceptors (Lipinski definition) is 4. The van der Waals surface area contributed by atoms with Crippen LogP contribution in [0.4, 0.5) is 21.9 Å². The lowest BCUT2D eigenvalue weighted by Gasteiger charge is -2.36. The van der Waals surface area contributed by atoms with Gasteiger partial charge in [0.1, 0.15) is 0 Å². The topological polar surface area (TPSA) is 64.7 Å². The zero-order valence-electron chi connectivity index (χ0n) is 18.9. The Bertz CT molecular complexity index is 1110. The van der Waals surface area contributed by atoms with Crippen LogP contribution in [0.15, 0.2) is 77.7 Å². The number of carbonyl (C=O) groups excluding carboxylic acids is 2. The summed E-state index contributed by atoms with van der Waals surface area (Å²) < 4.78 is 0. The lowest BCUT2D eigenvalue weighted by molar-refractivity contribution is 0.0746. The molecule has 1 saturated heterocycles. The van der Waals surface area contributed by atoms with Crippen molar-refractivity contribution in [2.75, 3.05) is 48.0 Å². The summed E-state index contributed by atoms with van der Waals surface area (Å²) in [6, 6.07) is 23.0. The van der Waals surface area contributed by atoms with Gasteiger partial charge in [0.05, 0.1) is 0 Å². The first-order chi connectivity index (χ1) is 16.0. The van der Waals surface area contributed by atoms with Crippen molar-refractivity contribution in [3.05, 3.63) is 83.9 Å². The number of urea groups is 1. The largest absolute Gasteiger partial charge is 0.368 e. The van der Waals surface area contributed by atoms with Crippen molar-refractivity contribution < 1.29 is 9.59 Å². The number of anilines is 3. The second-order valence-corrected chi connectivity index (χ2v) is 8.83. The van der Waals surface area contributed by atoms with E-state index < -0.39 is 0 Å². The number of thioether (sulfide) groups is 1. The number of aryl methyl sites for hydroxylation is 1. The predicted octanol–water partition coefficient (Wildman–Crippen LogP) is 5.32. The first-order valence-corrected chi connectivity index (χ1v) is 12.2. The molecule has 3 aromatic carbocycles. The molecule has 6 nitrogen and oxygen atoms in total. The molecule has 0 radical (unpaired) electrons. The maximum absolute atomic E-state index is 12.8. The molecule has 2 N–H and O–H groups in total. The smallest absolute Gasteiger partial charge is 0.323 e. The third kappa shape index (κ3) is 5.68. The molecule has 3 amide bonds. The summed E-state index contributed by atoms with van der Waals surface area (Å²) >= 11 is 1.66. The van der Waals surface area contributed by atoms with Crippen molar-refractivity contribution in [1.82, 2.24) is 4.90 Å². The van der Waals surface area contributed by atoms with Crippen LogP contribution in [0, 0.1) is 6.92 Å². The molecule has 0 spiro atoms. The minimum absolute atomic E-state index is 0.0985. The molecule has 3 aromatic rings. The number of rotatable bonds is 5. The Hall–Kier alpha value is -3.45. The van der Waals surface area contributed by atoms with Crippen molar-refractivity contribution in [3.8, 4) is 0 Å². The van der Waals surface area contributed by atoms with Gasteiger partial charge in [-0.2, -0.15) is 0 Å². The summed E-state index contributed by atoms with van der Waals surface area (Å²) in [5, 5.41) is 5.71. The van der Waals surface area contributed by atoms with Gasteiger partial charge in [0.25, 0.3) is 5.91 Å². The number of hydrogen-bond donors (Lipinski definition) is 2. The molecule has 170 valence electrons.